The van der Waals surface area contributed by atoms with Gasteiger partial charge in [0, 0.05) is 10.6 Å². The number of fused-ring (bicyclic) bond motifs is 1. The van der Waals surface area contributed by atoms with Crippen LogP contribution in [0, 0.1) is 6.92 Å². The van der Waals surface area contributed by atoms with E-state index in [-0.39, 0.29) is 0 Å². The number of benzene rings is 1. The van der Waals surface area contributed by atoms with Crippen molar-refractivity contribution in [3.05, 3.63) is 50.1 Å². The van der Waals surface area contributed by atoms with E-state index in [0.717, 1.165) is 0 Å². The van der Waals surface area contributed by atoms with Crippen molar-refractivity contribution in [3.8, 4) is 0 Å². The molecular weight excluding hydrogens is 306 g/mol. The van der Waals surface area contributed by atoms with E-state index in [1.807, 2.05) is 11.3 Å². The Morgan fingerprint density at radius 2 is 2.22 bits per heavy atom. The van der Waals surface area contributed by atoms with E-state index in [2.05, 4.69) is 58.5 Å². The highest BCUT2D eigenvalue weighted by molar-refractivity contribution is 9.11. The SMILES string of the molecule is Cc1cccc(NC2CCCc3sc(Br)cc32)c1. The fourth-order valence-electron chi connectivity index (χ4n) is 2.61. The van der Waals surface area contributed by atoms with Gasteiger partial charge in [0.15, 0.2) is 0 Å². The number of hydrogen-bond acceptors (Lipinski definition) is 2. The lowest BCUT2D eigenvalue weighted by Gasteiger charge is -2.24. The molecule has 0 fully saturated rings. The van der Waals surface area contributed by atoms with E-state index >= 15 is 0 Å². The number of thiophene rings is 1. The molecule has 0 amide bonds. The lowest BCUT2D eigenvalue weighted by atomic mass is 9.94. The Balaban J connectivity index is 1.86. The highest BCUT2D eigenvalue weighted by atomic mass is 79.9. The van der Waals surface area contributed by atoms with Gasteiger partial charge in [0.2, 0.25) is 0 Å². The van der Waals surface area contributed by atoms with E-state index < -0.39 is 0 Å². The van der Waals surface area contributed by atoms with Gasteiger partial charge in [-0.2, -0.15) is 0 Å². The number of halogens is 1. The summed E-state index contributed by atoms with van der Waals surface area (Å²) in [5.41, 5.74) is 4.03. The maximum absolute atomic E-state index is 3.68. The maximum atomic E-state index is 3.68. The standard InChI is InChI=1S/C15H16BrNS/c1-10-4-2-5-11(8-10)17-13-6-3-7-14-12(13)9-15(16)18-14/h2,4-5,8-9,13,17H,3,6-7H2,1H3. The van der Waals surface area contributed by atoms with Crippen LogP contribution in [0.2, 0.25) is 0 Å². The first-order valence-corrected chi connectivity index (χ1v) is 7.94. The third kappa shape index (κ3) is 2.47. The van der Waals surface area contributed by atoms with E-state index in [4.69, 9.17) is 0 Å². The minimum atomic E-state index is 0.470. The van der Waals surface area contributed by atoms with Gasteiger partial charge in [0.05, 0.1) is 9.83 Å². The summed E-state index contributed by atoms with van der Waals surface area (Å²) in [6.45, 7) is 2.14. The van der Waals surface area contributed by atoms with Gasteiger partial charge < -0.3 is 5.32 Å². The van der Waals surface area contributed by atoms with Crippen LogP contribution >= 0.6 is 27.3 Å². The molecule has 18 heavy (non-hydrogen) atoms. The largest absolute Gasteiger partial charge is 0.378 e. The Morgan fingerprint density at radius 1 is 1.33 bits per heavy atom. The van der Waals surface area contributed by atoms with Crippen LogP contribution in [0.3, 0.4) is 0 Å². The van der Waals surface area contributed by atoms with Crippen molar-refractivity contribution in [3.63, 3.8) is 0 Å². The van der Waals surface area contributed by atoms with Crippen molar-refractivity contribution in [2.24, 2.45) is 0 Å². The Kier molecular flexibility index (Phi) is 3.44. The highest BCUT2D eigenvalue weighted by Crippen LogP contribution is 2.39. The van der Waals surface area contributed by atoms with Crippen molar-refractivity contribution in [2.45, 2.75) is 32.2 Å². The molecule has 3 rings (SSSR count). The van der Waals surface area contributed by atoms with Gasteiger partial charge in [-0.1, -0.05) is 12.1 Å². The van der Waals surface area contributed by atoms with E-state index in [0.29, 0.717) is 6.04 Å². The van der Waals surface area contributed by atoms with Crippen molar-refractivity contribution >= 4 is 33.0 Å². The van der Waals surface area contributed by atoms with Crippen molar-refractivity contribution in [1.29, 1.82) is 0 Å². The second-order valence-corrected chi connectivity index (χ2v) is 7.40. The summed E-state index contributed by atoms with van der Waals surface area (Å²) in [6, 6.07) is 11.4. The zero-order chi connectivity index (χ0) is 12.5. The van der Waals surface area contributed by atoms with Gasteiger partial charge in [-0.3, -0.25) is 0 Å². The van der Waals surface area contributed by atoms with Crippen LogP contribution in [0.15, 0.2) is 34.1 Å². The summed E-state index contributed by atoms with van der Waals surface area (Å²) in [5, 5.41) is 3.68. The lowest BCUT2D eigenvalue weighted by Crippen LogP contribution is -2.15. The summed E-state index contributed by atoms with van der Waals surface area (Å²) < 4.78 is 1.26. The predicted molar refractivity (Wildman–Crippen MR) is 82.5 cm³/mol. The van der Waals surface area contributed by atoms with Crippen LogP contribution < -0.4 is 5.32 Å². The van der Waals surface area contributed by atoms with Gasteiger partial charge in [0.25, 0.3) is 0 Å². The molecule has 94 valence electrons. The number of rotatable bonds is 2. The van der Waals surface area contributed by atoms with E-state index in [9.17, 15) is 0 Å². The molecule has 2 aromatic rings. The zero-order valence-corrected chi connectivity index (χ0v) is 12.8. The van der Waals surface area contributed by atoms with Crippen LogP contribution in [0.1, 0.15) is 34.9 Å². The molecular formula is C15H16BrNS. The Hall–Kier alpha value is -0.800. The van der Waals surface area contributed by atoms with Gasteiger partial charge in [0.1, 0.15) is 0 Å². The minimum absolute atomic E-state index is 0.470. The molecule has 0 saturated heterocycles. The fraction of sp³-hybridized carbons (Fsp3) is 0.333. The number of nitrogens with one attached hydrogen (secondary N) is 1. The number of anilines is 1. The van der Waals surface area contributed by atoms with Gasteiger partial charge in [-0.15, -0.1) is 11.3 Å². The van der Waals surface area contributed by atoms with E-state index in [1.165, 1.54) is 39.9 Å². The highest BCUT2D eigenvalue weighted by Gasteiger charge is 2.22. The Labute approximate surface area is 120 Å². The average molecular weight is 322 g/mol. The first kappa shape index (κ1) is 12.2. The third-order valence-electron chi connectivity index (χ3n) is 3.44. The third-order valence-corrected chi connectivity index (χ3v) is 5.16. The molecule has 0 radical (unpaired) electrons. The van der Waals surface area contributed by atoms with E-state index in [1.54, 1.807) is 4.88 Å². The molecule has 1 aliphatic rings. The van der Waals surface area contributed by atoms with Gasteiger partial charge in [-0.25, -0.2) is 0 Å². The molecule has 1 N–H and O–H groups in total. The normalized spacial score (nSPS) is 18.4. The van der Waals surface area contributed by atoms with Crippen molar-refractivity contribution < 1.29 is 0 Å². The fourth-order valence-corrected chi connectivity index (χ4v) is 4.43. The molecule has 1 heterocycles. The lowest BCUT2D eigenvalue weighted by molar-refractivity contribution is 0.609. The van der Waals surface area contributed by atoms with Crippen LogP contribution in [-0.2, 0) is 6.42 Å². The molecule has 1 aromatic carbocycles. The monoisotopic (exact) mass is 321 g/mol. The molecule has 1 nitrogen and oxygen atoms in total. The Morgan fingerprint density at radius 3 is 3.06 bits per heavy atom. The Bertz CT molecular complexity index is 561. The molecule has 0 spiro atoms. The molecule has 1 aromatic heterocycles. The molecule has 0 aliphatic heterocycles. The van der Waals surface area contributed by atoms with Gasteiger partial charge >= 0.3 is 0 Å². The second kappa shape index (κ2) is 5.06. The van der Waals surface area contributed by atoms with Crippen LogP contribution in [0.25, 0.3) is 0 Å². The molecule has 1 atom stereocenters. The molecule has 1 aliphatic carbocycles. The smallest absolute Gasteiger partial charge is 0.0705 e. The van der Waals surface area contributed by atoms with Crippen LogP contribution in [0.4, 0.5) is 5.69 Å². The van der Waals surface area contributed by atoms with Gasteiger partial charge in [-0.05, 0) is 71.4 Å². The number of hydrogen-bond donors (Lipinski definition) is 1. The predicted octanol–water partition coefficient (Wildman–Crippen LogP) is 5.31. The maximum Gasteiger partial charge on any atom is 0.0705 e. The zero-order valence-electron chi connectivity index (χ0n) is 10.4. The van der Waals surface area contributed by atoms with Crippen molar-refractivity contribution in [1.82, 2.24) is 0 Å². The molecule has 0 saturated carbocycles. The summed E-state index contributed by atoms with van der Waals surface area (Å²) in [7, 11) is 0. The number of aryl methyl sites for hydroxylation is 2. The minimum Gasteiger partial charge on any atom is -0.378 e. The average Bonchev–Trinajstić information content (AvgIpc) is 2.71. The topological polar surface area (TPSA) is 12.0 Å². The molecule has 0 bridgehead atoms. The first-order valence-electron chi connectivity index (χ1n) is 6.34. The van der Waals surface area contributed by atoms with Crippen LogP contribution in [-0.4, -0.2) is 0 Å². The molecule has 3 heteroatoms. The second-order valence-electron chi connectivity index (χ2n) is 4.89. The first-order chi connectivity index (χ1) is 8.72. The van der Waals surface area contributed by atoms with Crippen LogP contribution in [0.5, 0.6) is 0 Å². The summed E-state index contributed by atoms with van der Waals surface area (Å²) in [6.07, 6.45) is 3.74. The van der Waals surface area contributed by atoms with Crippen molar-refractivity contribution in [2.75, 3.05) is 5.32 Å². The molecule has 1 unspecified atom stereocenters. The summed E-state index contributed by atoms with van der Waals surface area (Å²) >= 11 is 5.49. The quantitative estimate of drug-likeness (QED) is 0.790. The summed E-state index contributed by atoms with van der Waals surface area (Å²) in [5.74, 6) is 0. The summed E-state index contributed by atoms with van der Waals surface area (Å²) in [4.78, 5) is 1.54.